The molecule has 62 valence electrons. The summed E-state index contributed by atoms with van der Waals surface area (Å²) in [5, 5.41) is 10.3. The predicted molar refractivity (Wildman–Crippen MR) is 43.4 cm³/mol. The van der Waals surface area contributed by atoms with E-state index in [1.54, 1.807) is 13.0 Å². The minimum atomic E-state index is -0.379. The number of fused-ring (bicyclic) bond motifs is 1. The van der Waals surface area contributed by atoms with Gasteiger partial charge in [-0.05, 0) is 13.0 Å². The van der Waals surface area contributed by atoms with Crippen LogP contribution < -0.4 is 5.69 Å². The molecule has 0 saturated heterocycles. The number of H-pyrrole nitrogens is 1. The Morgan fingerprint density at radius 3 is 3.17 bits per heavy atom. The maximum absolute atomic E-state index is 11.0. The van der Waals surface area contributed by atoms with Crippen LogP contribution in [0.3, 0.4) is 0 Å². The molecule has 5 nitrogen and oxygen atoms in total. The van der Waals surface area contributed by atoms with Gasteiger partial charge in [0.05, 0.1) is 10.7 Å². The third kappa shape index (κ3) is 0.902. The van der Waals surface area contributed by atoms with Crippen LogP contribution in [0.4, 0.5) is 0 Å². The summed E-state index contributed by atoms with van der Waals surface area (Å²) in [6, 6.07) is 1.65. The molecule has 0 radical (unpaired) electrons. The lowest BCUT2D eigenvalue weighted by atomic mass is 10.4. The van der Waals surface area contributed by atoms with Gasteiger partial charge >= 0.3 is 5.69 Å². The van der Waals surface area contributed by atoms with Gasteiger partial charge in [0.15, 0.2) is 5.65 Å². The van der Waals surface area contributed by atoms with Crippen molar-refractivity contribution in [1.29, 1.82) is 0 Å². The summed E-state index contributed by atoms with van der Waals surface area (Å²) in [7, 11) is 0. The van der Waals surface area contributed by atoms with Gasteiger partial charge in [0.25, 0.3) is 0 Å². The van der Waals surface area contributed by atoms with Crippen molar-refractivity contribution >= 4 is 17.2 Å². The number of halogens is 1. The predicted octanol–water partition coefficient (Wildman–Crippen LogP) is 0.379. The van der Waals surface area contributed by atoms with Crippen molar-refractivity contribution in [2.45, 2.75) is 6.92 Å². The highest BCUT2D eigenvalue weighted by molar-refractivity contribution is 6.33. The molecule has 0 spiro atoms. The van der Waals surface area contributed by atoms with Gasteiger partial charge in [-0.25, -0.2) is 9.89 Å². The highest BCUT2D eigenvalue weighted by Crippen LogP contribution is 2.12. The van der Waals surface area contributed by atoms with Gasteiger partial charge in [0.1, 0.15) is 0 Å². The minimum Gasteiger partial charge on any atom is -0.244 e. The molecule has 1 N–H and O–H groups in total. The van der Waals surface area contributed by atoms with Crippen molar-refractivity contribution in [2.75, 3.05) is 0 Å². The second-order valence-corrected chi connectivity index (χ2v) is 2.81. The van der Waals surface area contributed by atoms with Crippen LogP contribution in [0.25, 0.3) is 5.65 Å². The SMILES string of the molecule is Cc1cc(Cl)c2n[nH]c(=O)n2n1. The Kier molecular flexibility index (Phi) is 1.41. The Labute approximate surface area is 72.0 Å². The van der Waals surface area contributed by atoms with Crippen molar-refractivity contribution in [3.8, 4) is 0 Å². The van der Waals surface area contributed by atoms with E-state index < -0.39 is 0 Å². The number of rotatable bonds is 0. The van der Waals surface area contributed by atoms with Gasteiger partial charge in [0, 0.05) is 0 Å². The average Bonchev–Trinajstić information content (AvgIpc) is 2.33. The largest absolute Gasteiger partial charge is 0.364 e. The number of aryl methyl sites for hydroxylation is 1. The smallest absolute Gasteiger partial charge is 0.244 e. The monoisotopic (exact) mass is 184 g/mol. The number of hydrogen-bond donors (Lipinski definition) is 1. The van der Waals surface area contributed by atoms with E-state index in [0.717, 1.165) is 4.52 Å². The summed E-state index contributed by atoms with van der Waals surface area (Å²) >= 11 is 5.79. The Morgan fingerprint density at radius 2 is 2.42 bits per heavy atom. The van der Waals surface area contributed by atoms with Crippen molar-refractivity contribution in [3.05, 3.63) is 27.3 Å². The van der Waals surface area contributed by atoms with E-state index in [9.17, 15) is 4.79 Å². The number of nitrogens with one attached hydrogen (secondary N) is 1. The molecule has 0 amide bonds. The molecule has 2 aromatic rings. The van der Waals surface area contributed by atoms with Crippen molar-refractivity contribution < 1.29 is 0 Å². The van der Waals surface area contributed by atoms with E-state index in [4.69, 9.17) is 11.6 Å². The first-order valence-electron chi connectivity index (χ1n) is 3.29. The van der Waals surface area contributed by atoms with Gasteiger partial charge in [-0.3, -0.25) is 0 Å². The fraction of sp³-hybridized carbons (Fsp3) is 0.167. The molecule has 2 aromatic heterocycles. The topological polar surface area (TPSA) is 63.0 Å². The van der Waals surface area contributed by atoms with E-state index in [2.05, 4.69) is 15.3 Å². The van der Waals surface area contributed by atoms with Gasteiger partial charge in [-0.2, -0.15) is 9.61 Å². The Balaban J connectivity index is 3.02. The standard InChI is InChI=1S/C6H5ClN4O/c1-3-2-4(7)5-8-9-6(12)11(5)10-3/h2H,1H3,(H,9,12). The lowest BCUT2D eigenvalue weighted by Gasteiger charge is -1.94. The quantitative estimate of drug-likeness (QED) is 0.644. The van der Waals surface area contributed by atoms with Gasteiger partial charge in [0.2, 0.25) is 0 Å². The summed E-state index contributed by atoms with van der Waals surface area (Å²) in [6.07, 6.45) is 0. The minimum absolute atomic E-state index is 0.354. The Morgan fingerprint density at radius 1 is 1.67 bits per heavy atom. The van der Waals surface area contributed by atoms with Crippen LogP contribution in [-0.2, 0) is 0 Å². The first kappa shape index (κ1) is 7.30. The van der Waals surface area contributed by atoms with Gasteiger partial charge in [-0.1, -0.05) is 11.6 Å². The highest BCUT2D eigenvalue weighted by atomic mass is 35.5. The third-order valence-corrected chi connectivity index (χ3v) is 1.74. The lowest BCUT2D eigenvalue weighted by molar-refractivity contribution is 0.854. The van der Waals surface area contributed by atoms with E-state index in [0.29, 0.717) is 16.4 Å². The molecule has 2 heterocycles. The molecule has 0 aliphatic heterocycles. The molecule has 0 unspecified atom stereocenters. The number of hydrogen-bond acceptors (Lipinski definition) is 3. The molecule has 0 aliphatic carbocycles. The Bertz CT molecular complexity index is 486. The molecular weight excluding hydrogens is 180 g/mol. The summed E-state index contributed by atoms with van der Waals surface area (Å²) < 4.78 is 1.14. The molecular formula is C6H5ClN4O. The molecule has 0 saturated carbocycles. The van der Waals surface area contributed by atoms with Crippen LogP contribution in [0, 0.1) is 6.92 Å². The molecule has 0 bridgehead atoms. The third-order valence-electron chi connectivity index (χ3n) is 1.46. The van der Waals surface area contributed by atoms with E-state index in [1.165, 1.54) is 0 Å². The normalized spacial score (nSPS) is 10.8. The zero-order chi connectivity index (χ0) is 8.72. The van der Waals surface area contributed by atoms with Crippen molar-refractivity contribution in [3.63, 3.8) is 0 Å². The lowest BCUT2D eigenvalue weighted by Crippen LogP contribution is -2.12. The first-order valence-corrected chi connectivity index (χ1v) is 3.67. The van der Waals surface area contributed by atoms with Crippen molar-refractivity contribution in [2.24, 2.45) is 0 Å². The molecule has 0 atom stereocenters. The van der Waals surface area contributed by atoms with Crippen molar-refractivity contribution in [1.82, 2.24) is 19.8 Å². The van der Waals surface area contributed by atoms with Gasteiger partial charge in [-0.15, -0.1) is 5.10 Å². The second-order valence-electron chi connectivity index (χ2n) is 2.40. The summed E-state index contributed by atoms with van der Waals surface area (Å²) in [4.78, 5) is 11.0. The van der Waals surface area contributed by atoms with Crippen LogP contribution in [0.2, 0.25) is 5.02 Å². The second kappa shape index (κ2) is 2.31. The van der Waals surface area contributed by atoms with Crippen LogP contribution in [0.1, 0.15) is 5.69 Å². The molecule has 0 aromatic carbocycles. The maximum Gasteiger partial charge on any atom is 0.364 e. The van der Waals surface area contributed by atoms with Gasteiger partial charge < -0.3 is 0 Å². The van der Waals surface area contributed by atoms with Crippen LogP contribution in [0.5, 0.6) is 0 Å². The fourth-order valence-electron chi connectivity index (χ4n) is 0.974. The number of aromatic nitrogens is 4. The highest BCUT2D eigenvalue weighted by Gasteiger charge is 2.05. The van der Waals surface area contributed by atoms with E-state index in [1.807, 2.05) is 0 Å². The molecule has 0 fully saturated rings. The summed E-state index contributed by atoms with van der Waals surface area (Å²) in [5.74, 6) is 0. The van der Waals surface area contributed by atoms with Crippen LogP contribution in [0.15, 0.2) is 10.9 Å². The molecule has 12 heavy (non-hydrogen) atoms. The molecule has 6 heteroatoms. The summed E-state index contributed by atoms with van der Waals surface area (Å²) in [6.45, 7) is 1.75. The average molecular weight is 185 g/mol. The molecule has 2 rings (SSSR count). The number of aromatic amines is 1. The maximum atomic E-state index is 11.0. The Hall–Kier alpha value is -1.36. The van der Waals surface area contributed by atoms with E-state index >= 15 is 0 Å². The zero-order valence-corrected chi connectivity index (χ0v) is 6.96. The molecule has 0 aliphatic rings. The zero-order valence-electron chi connectivity index (χ0n) is 6.21. The van der Waals surface area contributed by atoms with Crippen LogP contribution in [-0.4, -0.2) is 19.8 Å². The number of nitrogens with zero attached hydrogens (tertiary/aromatic N) is 3. The van der Waals surface area contributed by atoms with E-state index in [-0.39, 0.29) is 5.69 Å². The van der Waals surface area contributed by atoms with Crippen LogP contribution >= 0.6 is 11.6 Å². The fourth-order valence-corrected chi connectivity index (χ4v) is 1.25. The first-order chi connectivity index (χ1) is 5.68. The summed E-state index contributed by atoms with van der Waals surface area (Å²) in [5.41, 5.74) is 0.652.